The second kappa shape index (κ2) is 5.53. The normalized spacial score (nSPS) is 17.3. The molecule has 1 nitrogen and oxygen atoms in total. The number of benzene rings is 2. The van der Waals surface area contributed by atoms with Gasteiger partial charge in [-0.05, 0) is 19.4 Å². The fourth-order valence-corrected chi connectivity index (χ4v) is 2.95. The SMILES string of the molecule is CC1=CC(c2ccccc2C(=O)c2ccccc2)C(C)=C1. The molecule has 0 aromatic heterocycles. The van der Waals surface area contributed by atoms with Gasteiger partial charge in [0, 0.05) is 17.0 Å². The summed E-state index contributed by atoms with van der Waals surface area (Å²) in [5.74, 6) is 0.311. The molecule has 1 aliphatic carbocycles. The van der Waals surface area contributed by atoms with E-state index in [0.29, 0.717) is 0 Å². The molecular formula is C20H18O. The van der Waals surface area contributed by atoms with Gasteiger partial charge in [0.25, 0.3) is 0 Å². The topological polar surface area (TPSA) is 17.1 Å². The number of ketones is 1. The number of allylic oxidation sites excluding steroid dienone is 4. The molecule has 0 bridgehead atoms. The predicted octanol–water partition coefficient (Wildman–Crippen LogP) is 4.91. The Hall–Kier alpha value is -2.41. The Morgan fingerprint density at radius 2 is 1.57 bits per heavy atom. The number of hydrogen-bond acceptors (Lipinski definition) is 1. The Bertz CT molecular complexity index is 735. The minimum absolute atomic E-state index is 0.0944. The van der Waals surface area contributed by atoms with Crippen LogP contribution in [-0.4, -0.2) is 5.78 Å². The van der Waals surface area contributed by atoms with Gasteiger partial charge in [0.2, 0.25) is 0 Å². The number of carbonyl (C=O) groups excluding carboxylic acids is 1. The highest BCUT2D eigenvalue weighted by Gasteiger charge is 2.22. The van der Waals surface area contributed by atoms with E-state index in [9.17, 15) is 4.79 Å². The van der Waals surface area contributed by atoms with Crippen LogP contribution in [0.5, 0.6) is 0 Å². The molecule has 1 atom stereocenters. The van der Waals surface area contributed by atoms with Gasteiger partial charge in [0.05, 0.1) is 0 Å². The first-order chi connectivity index (χ1) is 10.2. The third kappa shape index (κ3) is 2.59. The first-order valence-electron chi connectivity index (χ1n) is 7.22. The Labute approximate surface area is 125 Å². The van der Waals surface area contributed by atoms with Crippen molar-refractivity contribution in [2.24, 2.45) is 0 Å². The summed E-state index contributed by atoms with van der Waals surface area (Å²) < 4.78 is 0. The summed E-state index contributed by atoms with van der Waals surface area (Å²) in [4.78, 5) is 12.8. The van der Waals surface area contributed by atoms with Crippen LogP contribution in [0.1, 0.15) is 41.3 Å². The Balaban J connectivity index is 2.06. The zero-order chi connectivity index (χ0) is 14.8. The molecule has 2 aromatic rings. The Kier molecular flexibility index (Phi) is 3.57. The number of carbonyl (C=O) groups is 1. The molecule has 0 N–H and O–H groups in total. The molecule has 21 heavy (non-hydrogen) atoms. The quantitative estimate of drug-likeness (QED) is 0.727. The van der Waals surface area contributed by atoms with Crippen LogP contribution < -0.4 is 0 Å². The molecular weight excluding hydrogens is 256 g/mol. The highest BCUT2D eigenvalue weighted by Crippen LogP contribution is 2.35. The molecule has 0 radical (unpaired) electrons. The summed E-state index contributed by atoms with van der Waals surface area (Å²) in [6.45, 7) is 4.23. The molecule has 104 valence electrons. The van der Waals surface area contributed by atoms with Gasteiger partial charge in [-0.25, -0.2) is 0 Å². The van der Waals surface area contributed by atoms with E-state index in [1.807, 2.05) is 48.5 Å². The van der Waals surface area contributed by atoms with Gasteiger partial charge in [0.15, 0.2) is 5.78 Å². The molecule has 3 rings (SSSR count). The second-order valence-corrected chi connectivity index (χ2v) is 5.56. The van der Waals surface area contributed by atoms with E-state index < -0.39 is 0 Å². The summed E-state index contributed by atoms with van der Waals surface area (Å²) in [7, 11) is 0. The molecule has 0 spiro atoms. The van der Waals surface area contributed by atoms with E-state index >= 15 is 0 Å². The maximum absolute atomic E-state index is 12.8. The van der Waals surface area contributed by atoms with E-state index in [1.165, 1.54) is 11.1 Å². The lowest BCUT2D eigenvalue weighted by Crippen LogP contribution is -2.08. The monoisotopic (exact) mass is 274 g/mol. The van der Waals surface area contributed by atoms with Crippen LogP contribution in [0.3, 0.4) is 0 Å². The highest BCUT2D eigenvalue weighted by atomic mass is 16.1. The molecule has 1 unspecified atom stereocenters. The Morgan fingerprint density at radius 3 is 2.24 bits per heavy atom. The third-order valence-corrected chi connectivity index (χ3v) is 3.95. The van der Waals surface area contributed by atoms with Crippen LogP contribution >= 0.6 is 0 Å². The minimum atomic E-state index is 0.0944. The van der Waals surface area contributed by atoms with Crippen LogP contribution in [0.25, 0.3) is 0 Å². The van der Waals surface area contributed by atoms with Crippen LogP contribution in [-0.2, 0) is 0 Å². The van der Waals surface area contributed by atoms with Crippen molar-refractivity contribution in [3.8, 4) is 0 Å². The van der Waals surface area contributed by atoms with Crippen molar-refractivity contribution in [2.75, 3.05) is 0 Å². The van der Waals surface area contributed by atoms with E-state index in [-0.39, 0.29) is 11.7 Å². The van der Waals surface area contributed by atoms with Gasteiger partial charge in [-0.3, -0.25) is 4.79 Å². The molecule has 0 saturated heterocycles. The summed E-state index contributed by atoms with van der Waals surface area (Å²) >= 11 is 0. The summed E-state index contributed by atoms with van der Waals surface area (Å²) in [6, 6.07) is 17.4. The minimum Gasteiger partial charge on any atom is -0.289 e. The zero-order valence-corrected chi connectivity index (χ0v) is 12.3. The van der Waals surface area contributed by atoms with Crippen molar-refractivity contribution in [2.45, 2.75) is 19.8 Å². The molecule has 2 aromatic carbocycles. The van der Waals surface area contributed by atoms with Crippen molar-refractivity contribution in [1.29, 1.82) is 0 Å². The lowest BCUT2D eigenvalue weighted by Gasteiger charge is -2.15. The zero-order valence-electron chi connectivity index (χ0n) is 12.3. The van der Waals surface area contributed by atoms with Gasteiger partial charge in [-0.2, -0.15) is 0 Å². The van der Waals surface area contributed by atoms with Gasteiger partial charge in [0.1, 0.15) is 0 Å². The molecule has 1 heteroatoms. The maximum Gasteiger partial charge on any atom is 0.193 e. The van der Waals surface area contributed by atoms with Crippen LogP contribution in [0.15, 0.2) is 77.9 Å². The van der Waals surface area contributed by atoms with E-state index in [4.69, 9.17) is 0 Å². The average Bonchev–Trinajstić information content (AvgIpc) is 2.86. The molecule has 0 saturated carbocycles. The fraction of sp³-hybridized carbons (Fsp3) is 0.150. The molecule has 1 aliphatic rings. The predicted molar refractivity (Wildman–Crippen MR) is 86.6 cm³/mol. The smallest absolute Gasteiger partial charge is 0.193 e. The molecule has 0 amide bonds. The molecule has 0 fully saturated rings. The first-order valence-corrected chi connectivity index (χ1v) is 7.22. The summed E-state index contributed by atoms with van der Waals surface area (Å²) in [6.07, 6.45) is 4.42. The van der Waals surface area contributed by atoms with Gasteiger partial charge in [-0.15, -0.1) is 0 Å². The van der Waals surface area contributed by atoms with Crippen LogP contribution in [0, 0.1) is 0 Å². The van der Waals surface area contributed by atoms with Gasteiger partial charge in [-0.1, -0.05) is 77.9 Å². The van der Waals surface area contributed by atoms with Gasteiger partial charge >= 0.3 is 0 Å². The molecule has 0 aliphatic heterocycles. The maximum atomic E-state index is 12.8. The van der Waals surface area contributed by atoms with Crippen molar-refractivity contribution in [3.05, 3.63) is 94.6 Å². The average molecular weight is 274 g/mol. The number of rotatable bonds is 3. The Morgan fingerprint density at radius 1 is 0.905 bits per heavy atom. The lowest BCUT2D eigenvalue weighted by molar-refractivity contribution is 0.103. The summed E-state index contributed by atoms with van der Waals surface area (Å²) in [5, 5.41) is 0. The standard InChI is InChI=1S/C20H18O/c1-14-12-15(2)19(13-14)17-10-6-7-11-18(17)20(21)16-8-4-3-5-9-16/h3-13,19H,1-2H3. The van der Waals surface area contributed by atoms with Gasteiger partial charge < -0.3 is 0 Å². The van der Waals surface area contributed by atoms with E-state index in [2.05, 4.69) is 32.1 Å². The summed E-state index contributed by atoms with van der Waals surface area (Å²) in [5.41, 5.74) is 5.19. The van der Waals surface area contributed by atoms with Crippen molar-refractivity contribution >= 4 is 5.78 Å². The fourth-order valence-electron chi connectivity index (χ4n) is 2.95. The van der Waals surface area contributed by atoms with E-state index in [0.717, 1.165) is 16.7 Å². The van der Waals surface area contributed by atoms with Crippen LogP contribution in [0.4, 0.5) is 0 Å². The number of hydrogen-bond donors (Lipinski definition) is 0. The van der Waals surface area contributed by atoms with E-state index in [1.54, 1.807) is 0 Å². The van der Waals surface area contributed by atoms with Crippen molar-refractivity contribution < 1.29 is 4.79 Å². The largest absolute Gasteiger partial charge is 0.289 e. The van der Waals surface area contributed by atoms with Crippen molar-refractivity contribution in [3.63, 3.8) is 0 Å². The van der Waals surface area contributed by atoms with Crippen LogP contribution in [0.2, 0.25) is 0 Å². The lowest BCUT2D eigenvalue weighted by atomic mass is 9.88. The first kappa shape index (κ1) is 13.6. The molecule has 0 heterocycles. The van der Waals surface area contributed by atoms with Crippen molar-refractivity contribution in [1.82, 2.24) is 0 Å². The second-order valence-electron chi connectivity index (χ2n) is 5.56. The third-order valence-electron chi connectivity index (χ3n) is 3.95. The highest BCUT2D eigenvalue weighted by molar-refractivity contribution is 6.10.